The Balaban J connectivity index is 1.72. The fourth-order valence-electron chi connectivity index (χ4n) is 3.27. The van der Waals surface area contributed by atoms with E-state index in [9.17, 15) is 19.7 Å². The van der Waals surface area contributed by atoms with Crippen LogP contribution in [0.25, 0.3) is 10.8 Å². The molecule has 4 rings (SSSR count). The summed E-state index contributed by atoms with van der Waals surface area (Å²) in [5.74, 6) is -0.552. The van der Waals surface area contributed by atoms with Gasteiger partial charge >= 0.3 is 0 Å². The van der Waals surface area contributed by atoms with Crippen LogP contribution in [0.1, 0.15) is 33.2 Å². The minimum Gasteiger partial charge on any atom is -0.494 e. The number of carbonyl (C=O) groups excluding carboxylic acids is 2. The maximum absolute atomic E-state index is 12.9. The summed E-state index contributed by atoms with van der Waals surface area (Å²) in [6.45, 7) is 2.43. The third-order valence-corrected chi connectivity index (χ3v) is 4.57. The number of nitro benzene ring substituents is 1. The monoisotopic (exact) mass is 389 g/mol. The lowest BCUT2D eigenvalue weighted by Gasteiger charge is -2.22. The number of ether oxygens (including phenoxy) is 1. The van der Waals surface area contributed by atoms with Gasteiger partial charge in [-0.3, -0.25) is 19.7 Å². The summed E-state index contributed by atoms with van der Waals surface area (Å²) in [5.41, 5.74) is 0.925. The number of carbonyl (C=O) groups is 2. The molecule has 0 N–H and O–H groups in total. The standard InChI is InChI=1S/C21H15N3O5/c1-2-29-14-8-6-13(7-9-14)12-22-23-20(25)16-5-3-4-15-18(24(27)28)11-10-17(19(15)16)21(23)26/h3-12H,2H2,1H3. The molecular formula is C21H15N3O5. The third-order valence-electron chi connectivity index (χ3n) is 4.57. The van der Waals surface area contributed by atoms with Gasteiger partial charge in [-0.05, 0) is 55.0 Å². The van der Waals surface area contributed by atoms with Crippen molar-refractivity contribution in [3.8, 4) is 5.75 Å². The summed E-state index contributed by atoms with van der Waals surface area (Å²) in [7, 11) is 0. The van der Waals surface area contributed by atoms with Gasteiger partial charge in [0.25, 0.3) is 17.5 Å². The topological polar surface area (TPSA) is 102 Å². The van der Waals surface area contributed by atoms with Crippen molar-refractivity contribution >= 4 is 34.5 Å². The highest BCUT2D eigenvalue weighted by Crippen LogP contribution is 2.35. The Labute approximate surface area is 165 Å². The number of non-ortho nitro benzene ring substituents is 1. The molecule has 144 valence electrons. The van der Waals surface area contributed by atoms with E-state index in [1.807, 2.05) is 6.92 Å². The van der Waals surface area contributed by atoms with E-state index < -0.39 is 16.7 Å². The zero-order valence-electron chi connectivity index (χ0n) is 15.4. The van der Waals surface area contributed by atoms with Gasteiger partial charge in [0.2, 0.25) is 0 Å². The van der Waals surface area contributed by atoms with Crippen LogP contribution in [0.5, 0.6) is 5.75 Å². The molecule has 3 aromatic carbocycles. The Bertz CT molecular complexity index is 1160. The second-order valence-corrected chi connectivity index (χ2v) is 6.29. The van der Waals surface area contributed by atoms with Crippen LogP contribution in [0, 0.1) is 10.1 Å². The first-order valence-electron chi connectivity index (χ1n) is 8.87. The third kappa shape index (κ3) is 3.10. The van der Waals surface area contributed by atoms with Crippen molar-refractivity contribution in [2.75, 3.05) is 6.61 Å². The van der Waals surface area contributed by atoms with Gasteiger partial charge in [0.05, 0.1) is 34.3 Å². The van der Waals surface area contributed by atoms with Crippen LogP contribution in [0.15, 0.2) is 59.7 Å². The number of amides is 2. The molecule has 0 aliphatic carbocycles. The smallest absolute Gasteiger partial charge is 0.282 e. The van der Waals surface area contributed by atoms with Crippen molar-refractivity contribution in [3.63, 3.8) is 0 Å². The average molecular weight is 389 g/mol. The molecule has 1 aliphatic rings. The summed E-state index contributed by atoms with van der Waals surface area (Å²) in [5, 5.41) is 16.7. The van der Waals surface area contributed by atoms with Gasteiger partial charge in [0.15, 0.2) is 0 Å². The molecule has 0 unspecified atom stereocenters. The first-order chi connectivity index (χ1) is 14.0. The van der Waals surface area contributed by atoms with Crippen LogP contribution < -0.4 is 4.74 Å². The molecule has 1 heterocycles. The molecule has 8 heteroatoms. The second kappa shape index (κ2) is 7.16. The molecule has 0 atom stereocenters. The van der Waals surface area contributed by atoms with E-state index >= 15 is 0 Å². The highest BCUT2D eigenvalue weighted by molar-refractivity contribution is 6.26. The molecule has 0 spiro atoms. The van der Waals surface area contributed by atoms with Gasteiger partial charge in [0, 0.05) is 11.5 Å². The fraction of sp³-hybridized carbons (Fsp3) is 0.0952. The minimum absolute atomic E-state index is 0.155. The van der Waals surface area contributed by atoms with Gasteiger partial charge in [-0.25, -0.2) is 0 Å². The summed E-state index contributed by atoms with van der Waals surface area (Å²) in [4.78, 5) is 36.5. The zero-order chi connectivity index (χ0) is 20.5. The number of imide groups is 1. The van der Waals surface area contributed by atoms with E-state index in [0.717, 1.165) is 5.01 Å². The molecule has 0 radical (unpaired) electrons. The van der Waals surface area contributed by atoms with Crippen molar-refractivity contribution < 1.29 is 19.2 Å². The first-order valence-corrected chi connectivity index (χ1v) is 8.87. The maximum Gasteiger partial charge on any atom is 0.282 e. The molecule has 0 saturated carbocycles. The largest absolute Gasteiger partial charge is 0.494 e. The number of rotatable bonds is 5. The quantitative estimate of drug-likeness (QED) is 0.286. The van der Waals surface area contributed by atoms with Crippen molar-refractivity contribution in [2.24, 2.45) is 5.10 Å². The molecule has 0 saturated heterocycles. The predicted octanol–water partition coefficient (Wildman–Crippen LogP) is 3.78. The SMILES string of the molecule is CCOc1ccc(C=NN2C(=O)c3cccc4c([N+](=O)[O-])ccc(c34)C2=O)cc1. The van der Waals surface area contributed by atoms with Crippen molar-refractivity contribution in [3.05, 3.63) is 81.4 Å². The van der Waals surface area contributed by atoms with Crippen LogP contribution in [0.4, 0.5) is 5.69 Å². The van der Waals surface area contributed by atoms with Crippen LogP contribution in [0.3, 0.4) is 0 Å². The van der Waals surface area contributed by atoms with E-state index in [4.69, 9.17) is 4.74 Å². The first kappa shape index (κ1) is 18.3. The predicted molar refractivity (Wildman–Crippen MR) is 106 cm³/mol. The Morgan fingerprint density at radius 1 is 1.03 bits per heavy atom. The van der Waals surface area contributed by atoms with Gasteiger partial charge in [0.1, 0.15) is 5.75 Å². The summed E-state index contributed by atoms with van der Waals surface area (Å²) in [6.07, 6.45) is 1.40. The Hall–Kier alpha value is -4.07. The molecule has 0 bridgehead atoms. The minimum atomic E-state index is -0.629. The molecule has 2 amide bonds. The number of benzene rings is 3. The van der Waals surface area contributed by atoms with Crippen LogP contribution >= 0.6 is 0 Å². The van der Waals surface area contributed by atoms with Gasteiger partial charge < -0.3 is 4.74 Å². The maximum atomic E-state index is 12.9. The summed E-state index contributed by atoms with van der Waals surface area (Å²) in [6, 6.07) is 14.3. The second-order valence-electron chi connectivity index (χ2n) is 6.29. The Morgan fingerprint density at radius 3 is 2.38 bits per heavy atom. The Kier molecular flexibility index (Phi) is 4.52. The molecular weight excluding hydrogens is 374 g/mol. The molecule has 1 aliphatic heterocycles. The Morgan fingerprint density at radius 2 is 1.72 bits per heavy atom. The van der Waals surface area contributed by atoms with E-state index in [-0.39, 0.29) is 27.6 Å². The number of hydrogen-bond donors (Lipinski definition) is 0. The van der Waals surface area contributed by atoms with E-state index in [1.165, 1.54) is 30.5 Å². The number of hydrazone groups is 1. The lowest BCUT2D eigenvalue weighted by Crippen LogP contribution is -2.36. The van der Waals surface area contributed by atoms with Crippen molar-refractivity contribution in [1.29, 1.82) is 0 Å². The number of nitro groups is 1. The number of nitrogens with zero attached hydrogens (tertiary/aromatic N) is 3. The average Bonchev–Trinajstić information content (AvgIpc) is 2.72. The summed E-state index contributed by atoms with van der Waals surface area (Å²) >= 11 is 0. The van der Waals surface area contributed by atoms with Crippen LogP contribution in [-0.4, -0.2) is 34.6 Å². The van der Waals surface area contributed by atoms with Crippen LogP contribution in [-0.2, 0) is 0 Å². The molecule has 3 aromatic rings. The molecule has 29 heavy (non-hydrogen) atoms. The highest BCUT2D eigenvalue weighted by Gasteiger charge is 2.34. The normalized spacial score (nSPS) is 13.3. The molecule has 8 nitrogen and oxygen atoms in total. The number of hydrogen-bond acceptors (Lipinski definition) is 6. The zero-order valence-corrected chi connectivity index (χ0v) is 15.4. The summed E-state index contributed by atoms with van der Waals surface area (Å²) < 4.78 is 5.38. The van der Waals surface area contributed by atoms with E-state index in [1.54, 1.807) is 30.3 Å². The van der Waals surface area contributed by atoms with Crippen LogP contribution in [0.2, 0.25) is 0 Å². The van der Waals surface area contributed by atoms with Crippen molar-refractivity contribution in [2.45, 2.75) is 6.92 Å². The molecule has 0 fully saturated rings. The van der Waals surface area contributed by atoms with Gasteiger partial charge in [-0.2, -0.15) is 10.1 Å². The van der Waals surface area contributed by atoms with Gasteiger partial charge in [-0.1, -0.05) is 6.07 Å². The highest BCUT2D eigenvalue weighted by atomic mass is 16.6. The fourth-order valence-corrected chi connectivity index (χ4v) is 3.27. The van der Waals surface area contributed by atoms with E-state index in [2.05, 4.69) is 5.10 Å². The van der Waals surface area contributed by atoms with Gasteiger partial charge in [-0.15, -0.1) is 0 Å². The van der Waals surface area contributed by atoms with Crippen molar-refractivity contribution in [1.82, 2.24) is 5.01 Å². The van der Waals surface area contributed by atoms with E-state index in [0.29, 0.717) is 17.9 Å². The lowest BCUT2D eigenvalue weighted by atomic mass is 9.94. The lowest BCUT2D eigenvalue weighted by molar-refractivity contribution is -0.383. The molecule has 0 aromatic heterocycles.